The number of nitrogens with zero attached hydrogens (tertiary/aromatic N) is 1. The van der Waals surface area contributed by atoms with Crippen molar-refractivity contribution < 1.29 is 22.3 Å². The molecule has 1 aliphatic heterocycles. The molecule has 1 aliphatic rings. The predicted octanol–water partition coefficient (Wildman–Crippen LogP) is 3.05. The third kappa shape index (κ3) is 3.94. The van der Waals surface area contributed by atoms with E-state index in [0.717, 1.165) is 0 Å². The molecule has 2 heterocycles. The Bertz CT molecular complexity index is 451. The van der Waals surface area contributed by atoms with Crippen LogP contribution < -0.4 is 5.73 Å². The first-order chi connectivity index (χ1) is 8.33. The molecule has 0 unspecified atom stereocenters. The molecule has 1 saturated heterocycles. The summed E-state index contributed by atoms with van der Waals surface area (Å²) < 4.78 is 56.0. The maximum Gasteiger partial charge on any atom is 0.417 e. The molecule has 0 saturated carbocycles. The van der Waals surface area contributed by atoms with Crippen molar-refractivity contribution in [2.45, 2.75) is 24.6 Å². The second-order valence-corrected chi connectivity index (χ2v) is 4.32. The van der Waals surface area contributed by atoms with Gasteiger partial charge in [-0.2, -0.15) is 13.2 Å². The lowest BCUT2D eigenvalue weighted by Gasteiger charge is -2.33. The Balaban J connectivity index is 0.00000180. The second kappa shape index (κ2) is 6.89. The van der Waals surface area contributed by atoms with Crippen LogP contribution >= 0.6 is 24.8 Å². The Labute approximate surface area is 125 Å². The fourth-order valence-electron chi connectivity index (χ4n) is 1.93. The zero-order valence-electron chi connectivity index (χ0n) is 10.2. The van der Waals surface area contributed by atoms with Crippen LogP contribution in [-0.2, 0) is 16.5 Å². The minimum Gasteiger partial charge on any atom is -0.381 e. The van der Waals surface area contributed by atoms with Gasteiger partial charge in [0.15, 0.2) is 0 Å². The minimum absolute atomic E-state index is 0. The zero-order chi connectivity index (χ0) is 13.4. The maximum absolute atomic E-state index is 13.7. The van der Waals surface area contributed by atoms with Gasteiger partial charge in [-0.15, -0.1) is 24.8 Å². The van der Waals surface area contributed by atoms with Crippen LogP contribution in [0, 0.1) is 5.82 Å². The molecule has 9 heteroatoms. The van der Waals surface area contributed by atoms with Gasteiger partial charge in [0.2, 0.25) is 0 Å². The summed E-state index contributed by atoms with van der Waals surface area (Å²) >= 11 is 0. The predicted molar refractivity (Wildman–Crippen MR) is 69.6 cm³/mol. The standard InChI is InChI=1S/C11H12F4N2O.2ClH/c12-8-5-7(11(13,14)15)6-17-9(8)10(16)1-3-18-4-2-10;;/h5-6H,1-4,16H2;2*1H. The van der Waals surface area contributed by atoms with E-state index in [4.69, 9.17) is 10.5 Å². The van der Waals surface area contributed by atoms with E-state index in [1.165, 1.54) is 0 Å². The van der Waals surface area contributed by atoms with Gasteiger partial charge in [0, 0.05) is 19.4 Å². The number of rotatable bonds is 1. The van der Waals surface area contributed by atoms with Crippen LogP contribution in [0.5, 0.6) is 0 Å². The zero-order valence-corrected chi connectivity index (χ0v) is 11.9. The molecule has 0 atom stereocenters. The van der Waals surface area contributed by atoms with Crippen molar-refractivity contribution in [1.29, 1.82) is 0 Å². The van der Waals surface area contributed by atoms with Gasteiger partial charge in [0.25, 0.3) is 0 Å². The van der Waals surface area contributed by atoms with E-state index < -0.39 is 23.1 Å². The van der Waals surface area contributed by atoms with Crippen LogP contribution in [0.25, 0.3) is 0 Å². The number of ether oxygens (including phenoxy) is 1. The molecule has 1 aromatic heterocycles. The monoisotopic (exact) mass is 336 g/mol. The number of hydrogen-bond donors (Lipinski definition) is 1. The molecule has 1 fully saturated rings. The topological polar surface area (TPSA) is 48.1 Å². The quantitative estimate of drug-likeness (QED) is 0.802. The van der Waals surface area contributed by atoms with Crippen molar-refractivity contribution in [2.75, 3.05) is 13.2 Å². The number of halogens is 6. The highest BCUT2D eigenvalue weighted by Crippen LogP contribution is 2.33. The van der Waals surface area contributed by atoms with Gasteiger partial charge >= 0.3 is 6.18 Å². The first-order valence-corrected chi connectivity index (χ1v) is 5.43. The summed E-state index contributed by atoms with van der Waals surface area (Å²) in [4.78, 5) is 3.56. The molecular formula is C11H14Cl2F4N2O. The highest BCUT2D eigenvalue weighted by atomic mass is 35.5. The molecule has 2 rings (SSSR count). The highest BCUT2D eigenvalue weighted by Gasteiger charge is 2.37. The molecule has 0 bridgehead atoms. The van der Waals surface area contributed by atoms with Gasteiger partial charge in [0.1, 0.15) is 5.82 Å². The number of hydrogen-bond acceptors (Lipinski definition) is 3. The molecule has 0 radical (unpaired) electrons. The van der Waals surface area contributed by atoms with E-state index in [9.17, 15) is 17.6 Å². The first kappa shape index (κ1) is 19.4. The van der Waals surface area contributed by atoms with E-state index in [2.05, 4.69) is 4.98 Å². The molecule has 3 nitrogen and oxygen atoms in total. The Morgan fingerprint density at radius 3 is 2.20 bits per heavy atom. The summed E-state index contributed by atoms with van der Waals surface area (Å²) in [6.07, 6.45) is -3.32. The molecule has 116 valence electrons. The van der Waals surface area contributed by atoms with Crippen LogP contribution in [0.2, 0.25) is 0 Å². The van der Waals surface area contributed by atoms with Gasteiger partial charge in [-0.25, -0.2) is 4.39 Å². The van der Waals surface area contributed by atoms with Crippen molar-refractivity contribution in [3.8, 4) is 0 Å². The summed E-state index contributed by atoms with van der Waals surface area (Å²) in [6.45, 7) is 0.692. The molecule has 0 spiro atoms. The average Bonchev–Trinajstić information content (AvgIpc) is 2.28. The molecule has 0 amide bonds. The first-order valence-electron chi connectivity index (χ1n) is 5.43. The Hall–Kier alpha value is -0.630. The van der Waals surface area contributed by atoms with Crippen LogP contribution in [0.1, 0.15) is 24.1 Å². The fourth-order valence-corrected chi connectivity index (χ4v) is 1.93. The summed E-state index contributed by atoms with van der Waals surface area (Å²) in [5.41, 5.74) is 3.69. The number of pyridine rings is 1. The lowest BCUT2D eigenvalue weighted by molar-refractivity contribution is -0.138. The van der Waals surface area contributed by atoms with Gasteiger partial charge in [-0.05, 0) is 18.9 Å². The third-order valence-corrected chi connectivity index (χ3v) is 3.03. The SMILES string of the molecule is Cl.Cl.NC1(c2ncc(C(F)(F)F)cc2F)CCOCC1. The van der Waals surface area contributed by atoms with E-state index in [0.29, 0.717) is 38.3 Å². The number of alkyl halides is 3. The fraction of sp³-hybridized carbons (Fsp3) is 0.545. The summed E-state index contributed by atoms with van der Waals surface area (Å²) in [5.74, 6) is -1.02. The third-order valence-electron chi connectivity index (χ3n) is 3.03. The van der Waals surface area contributed by atoms with E-state index >= 15 is 0 Å². The highest BCUT2D eigenvalue weighted by molar-refractivity contribution is 5.85. The summed E-state index contributed by atoms with van der Waals surface area (Å²) in [6, 6.07) is 0.437. The van der Waals surface area contributed by atoms with E-state index in [1.807, 2.05) is 0 Å². The summed E-state index contributed by atoms with van der Waals surface area (Å²) in [7, 11) is 0. The van der Waals surface area contributed by atoms with E-state index in [1.54, 1.807) is 0 Å². The molecule has 0 aromatic carbocycles. The van der Waals surface area contributed by atoms with Gasteiger partial charge in [0.05, 0.1) is 16.8 Å². The normalized spacial score (nSPS) is 17.9. The van der Waals surface area contributed by atoms with Crippen LogP contribution in [0.15, 0.2) is 12.3 Å². The molecule has 20 heavy (non-hydrogen) atoms. The van der Waals surface area contributed by atoms with Gasteiger partial charge < -0.3 is 10.5 Å². The maximum atomic E-state index is 13.7. The Morgan fingerprint density at radius 1 is 1.20 bits per heavy atom. The van der Waals surface area contributed by atoms with Crippen molar-refractivity contribution in [2.24, 2.45) is 5.73 Å². The van der Waals surface area contributed by atoms with Crippen LogP contribution in [0.3, 0.4) is 0 Å². The molecular weight excluding hydrogens is 323 g/mol. The Morgan fingerprint density at radius 2 is 1.75 bits per heavy atom. The minimum atomic E-state index is -4.61. The number of nitrogens with two attached hydrogens (primary N) is 1. The average molecular weight is 337 g/mol. The Kier molecular flexibility index (Phi) is 6.67. The van der Waals surface area contributed by atoms with Gasteiger partial charge in [-0.1, -0.05) is 0 Å². The van der Waals surface area contributed by atoms with Crippen molar-refractivity contribution >= 4 is 24.8 Å². The van der Waals surface area contributed by atoms with E-state index in [-0.39, 0.29) is 30.5 Å². The van der Waals surface area contributed by atoms with Crippen molar-refractivity contribution in [3.63, 3.8) is 0 Å². The van der Waals surface area contributed by atoms with Crippen LogP contribution in [-0.4, -0.2) is 18.2 Å². The molecule has 0 aliphatic carbocycles. The largest absolute Gasteiger partial charge is 0.417 e. The van der Waals surface area contributed by atoms with Gasteiger partial charge in [-0.3, -0.25) is 4.98 Å². The molecule has 1 aromatic rings. The summed E-state index contributed by atoms with van der Waals surface area (Å²) in [5, 5.41) is 0. The lowest BCUT2D eigenvalue weighted by Crippen LogP contribution is -2.43. The van der Waals surface area contributed by atoms with Crippen molar-refractivity contribution in [1.82, 2.24) is 4.98 Å². The van der Waals surface area contributed by atoms with Crippen LogP contribution in [0.4, 0.5) is 17.6 Å². The smallest absolute Gasteiger partial charge is 0.381 e. The molecule has 2 N–H and O–H groups in total. The number of aromatic nitrogens is 1. The second-order valence-electron chi connectivity index (χ2n) is 4.32. The lowest BCUT2D eigenvalue weighted by atomic mass is 9.87. The van der Waals surface area contributed by atoms with Crippen molar-refractivity contribution in [3.05, 3.63) is 29.3 Å².